The van der Waals surface area contributed by atoms with Gasteiger partial charge in [-0.2, -0.15) is 0 Å². The smallest absolute Gasteiger partial charge is 0.331 e. The highest BCUT2D eigenvalue weighted by Crippen LogP contribution is 2.19. The van der Waals surface area contributed by atoms with E-state index in [1.807, 2.05) is 0 Å². The maximum Gasteiger partial charge on any atom is 0.331 e. The van der Waals surface area contributed by atoms with Gasteiger partial charge in [-0.15, -0.1) is 0 Å². The Hall–Kier alpha value is -3.17. The fraction of sp³-hybridized carbons (Fsp3) is 0.200. The van der Waals surface area contributed by atoms with Gasteiger partial charge in [0.1, 0.15) is 5.75 Å². The number of hydrogen-bond donors (Lipinski definition) is 1. The molecule has 0 aliphatic rings. The lowest BCUT2D eigenvalue weighted by molar-refractivity contribution is -0.142. The Morgan fingerprint density at radius 2 is 1.83 bits per heavy atom. The van der Waals surface area contributed by atoms with E-state index in [2.05, 4.69) is 5.32 Å². The number of carbonyl (C=O) groups excluding carboxylic acids is 2. The number of methoxy groups -OCH3 is 1. The third kappa shape index (κ3) is 6.16. The minimum atomic E-state index is -3.62. The van der Waals surface area contributed by atoms with Crippen molar-refractivity contribution in [2.75, 3.05) is 33.1 Å². The average Bonchev–Trinajstić information content (AvgIpc) is 2.71. The highest BCUT2D eigenvalue weighted by Gasteiger charge is 2.17. The Morgan fingerprint density at radius 3 is 2.52 bits per heavy atom. The number of esters is 1. The first-order valence-corrected chi connectivity index (χ1v) is 9.98. The van der Waals surface area contributed by atoms with Gasteiger partial charge in [0.25, 0.3) is 5.91 Å². The molecule has 2 aromatic rings. The predicted molar refractivity (Wildman–Crippen MR) is 109 cm³/mol. The molecule has 0 aromatic heterocycles. The predicted octanol–water partition coefficient (Wildman–Crippen LogP) is 2.14. The second-order valence-electron chi connectivity index (χ2n) is 6.05. The molecular weight excluding hydrogens is 396 g/mol. The molecule has 0 aliphatic heterocycles. The zero-order chi connectivity index (χ0) is 21.4. The number of para-hydroxylation sites is 1. The highest BCUT2D eigenvalue weighted by atomic mass is 32.2. The van der Waals surface area contributed by atoms with E-state index in [1.165, 1.54) is 57.6 Å². The van der Waals surface area contributed by atoms with Gasteiger partial charge < -0.3 is 14.8 Å². The van der Waals surface area contributed by atoms with Crippen molar-refractivity contribution in [3.8, 4) is 5.75 Å². The number of ether oxygens (including phenoxy) is 2. The molecule has 29 heavy (non-hydrogen) atoms. The molecule has 0 aliphatic carbocycles. The van der Waals surface area contributed by atoms with Crippen LogP contribution in [-0.2, 0) is 24.3 Å². The van der Waals surface area contributed by atoms with Gasteiger partial charge in [0.05, 0.1) is 12.0 Å². The first-order chi connectivity index (χ1) is 13.7. The van der Waals surface area contributed by atoms with Crippen LogP contribution < -0.4 is 10.1 Å². The molecule has 0 bridgehead atoms. The van der Waals surface area contributed by atoms with Gasteiger partial charge >= 0.3 is 5.97 Å². The number of amides is 1. The van der Waals surface area contributed by atoms with Crippen molar-refractivity contribution in [2.24, 2.45) is 0 Å². The fourth-order valence-corrected chi connectivity index (χ4v) is 3.24. The SMILES string of the molecule is COc1ccccc1/C=C/C(=O)OCC(=O)Nc1cccc(S(=O)(=O)N(C)C)c1. The van der Waals surface area contributed by atoms with Crippen molar-refractivity contribution < 1.29 is 27.5 Å². The summed E-state index contributed by atoms with van der Waals surface area (Å²) in [4.78, 5) is 23.9. The van der Waals surface area contributed by atoms with Gasteiger partial charge in [0.15, 0.2) is 6.61 Å². The molecule has 0 saturated carbocycles. The third-order valence-corrected chi connectivity index (χ3v) is 5.59. The number of carbonyl (C=O) groups is 2. The number of hydrogen-bond acceptors (Lipinski definition) is 6. The lowest BCUT2D eigenvalue weighted by Crippen LogP contribution is -2.23. The normalized spacial score (nSPS) is 11.4. The summed E-state index contributed by atoms with van der Waals surface area (Å²) in [5.74, 6) is -0.694. The summed E-state index contributed by atoms with van der Waals surface area (Å²) in [5, 5.41) is 2.50. The van der Waals surface area contributed by atoms with Crippen molar-refractivity contribution in [2.45, 2.75) is 4.90 Å². The molecule has 2 rings (SSSR count). The van der Waals surface area contributed by atoms with Crippen molar-refractivity contribution in [1.82, 2.24) is 4.31 Å². The summed E-state index contributed by atoms with van der Waals surface area (Å²) in [6, 6.07) is 12.9. The van der Waals surface area contributed by atoms with Crippen LogP contribution in [0.2, 0.25) is 0 Å². The maximum absolute atomic E-state index is 12.1. The van der Waals surface area contributed by atoms with Gasteiger partial charge in [0, 0.05) is 31.4 Å². The minimum Gasteiger partial charge on any atom is -0.496 e. The molecule has 0 spiro atoms. The van der Waals surface area contributed by atoms with Gasteiger partial charge in [-0.1, -0.05) is 24.3 Å². The van der Waals surface area contributed by atoms with Crippen molar-refractivity contribution in [3.05, 3.63) is 60.2 Å². The van der Waals surface area contributed by atoms with Crippen LogP contribution in [0.15, 0.2) is 59.5 Å². The van der Waals surface area contributed by atoms with Crippen LogP contribution in [0.1, 0.15) is 5.56 Å². The molecule has 1 amide bonds. The van der Waals surface area contributed by atoms with Gasteiger partial charge in [-0.25, -0.2) is 17.5 Å². The second-order valence-corrected chi connectivity index (χ2v) is 8.20. The number of anilines is 1. The molecule has 2 aromatic carbocycles. The maximum atomic E-state index is 12.1. The van der Waals surface area contributed by atoms with Gasteiger partial charge in [-0.3, -0.25) is 4.79 Å². The first kappa shape index (κ1) is 22.1. The van der Waals surface area contributed by atoms with Crippen LogP contribution in [0.25, 0.3) is 6.08 Å². The molecule has 154 valence electrons. The fourth-order valence-electron chi connectivity index (χ4n) is 2.29. The van der Waals surface area contributed by atoms with Crippen LogP contribution in [0, 0.1) is 0 Å². The largest absolute Gasteiger partial charge is 0.496 e. The summed E-state index contributed by atoms with van der Waals surface area (Å²) in [6.45, 7) is -0.514. The Bertz CT molecular complexity index is 1020. The Kier molecular flexibility index (Phi) is 7.52. The first-order valence-electron chi connectivity index (χ1n) is 8.54. The van der Waals surface area contributed by atoms with E-state index in [1.54, 1.807) is 24.3 Å². The van der Waals surface area contributed by atoms with Crippen LogP contribution in [-0.4, -0.2) is 52.4 Å². The van der Waals surface area contributed by atoms with E-state index >= 15 is 0 Å². The lowest BCUT2D eigenvalue weighted by Gasteiger charge is -2.12. The molecule has 0 heterocycles. The molecule has 0 radical (unpaired) electrons. The van der Waals surface area contributed by atoms with E-state index in [0.29, 0.717) is 11.3 Å². The highest BCUT2D eigenvalue weighted by molar-refractivity contribution is 7.89. The monoisotopic (exact) mass is 418 g/mol. The van der Waals surface area contributed by atoms with Crippen LogP contribution in [0.5, 0.6) is 5.75 Å². The summed E-state index contributed by atoms with van der Waals surface area (Å²) in [7, 11) is 0.729. The third-order valence-electron chi connectivity index (χ3n) is 3.78. The summed E-state index contributed by atoms with van der Waals surface area (Å²) in [6.07, 6.45) is 2.71. The average molecular weight is 418 g/mol. The number of benzene rings is 2. The van der Waals surface area contributed by atoms with Crippen LogP contribution >= 0.6 is 0 Å². The topological polar surface area (TPSA) is 102 Å². The molecule has 1 N–H and O–H groups in total. The zero-order valence-electron chi connectivity index (χ0n) is 16.3. The lowest BCUT2D eigenvalue weighted by atomic mass is 10.2. The minimum absolute atomic E-state index is 0.0389. The quantitative estimate of drug-likeness (QED) is 0.521. The van der Waals surface area contributed by atoms with E-state index < -0.39 is 28.5 Å². The van der Waals surface area contributed by atoms with Crippen molar-refractivity contribution in [1.29, 1.82) is 0 Å². The van der Waals surface area contributed by atoms with Crippen LogP contribution in [0.4, 0.5) is 5.69 Å². The summed E-state index contributed by atoms with van der Waals surface area (Å²) >= 11 is 0. The number of nitrogens with one attached hydrogen (secondary N) is 1. The molecule has 0 atom stereocenters. The van der Waals surface area contributed by atoms with Gasteiger partial charge in [-0.05, 0) is 30.3 Å². The number of nitrogens with zero attached hydrogens (tertiary/aromatic N) is 1. The van der Waals surface area contributed by atoms with Gasteiger partial charge in [0.2, 0.25) is 10.0 Å². The Balaban J connectivity index is 1.93. The van der Waals surface area contributed by atoms with E-state index in [4.69, 9.17) is 9.47 Å². The molecule has 0 fully saturated rings. The summed E-state index contributed by atoms with van der Waals surface area (Å²) < 4.78 is 35.4. The Morgan fingerprint density at radius 1 is 1.10 bits per heavy atom. The van der Waals surface area contributed by atoms with Crippen molar-refractivity contribution >= 4 is 33.7 Å². The number of sulfonamides is 1. The standard InChI is InChI=1S/C20H22N2O6S/c1-22(2)29(25,26)17-9-6-8-16(13-17)21-19(23)14-28-20(24)12-11-15-7-4-5-10-18(15)27-3/h4-13H,14H2,1-3H3,(H,21,23)/b12-11+. The van der Waals surface area contributed by atoms with Crippen LogP contribution in [0.3, 0.4) is 0 Å². The molecule has 8 nitrogen and oxygen atoms in total. The van der Waals surface area contributed by atoms with E-state index in [0.717, 1.165) is 4.31 Å². The van der Waals surface area contributed by atoms with E-state index in [-0.39, 0.29) is 10.6 Å². The molecular formula is C20H22N2O6S. The number of rotatable bonds is 8. The van der Waals surface area contributed by atoms with E-state index in [9.17, 15) is 18.0 Å². The molecule has 9 heteroatoms. The second kappa shape index (κ2) is 9.85. The van der Waals surface area contributed by atoms with Crippen molar-refractivity contribution in [3.63, 3.8) is 0 Å². The zero-order valence-corrected chi connectivity index (χ0v) is 17.1. The Labute approximate surface area is 169 Å². The summed E-state index contributed by atoms with van der Waals surface area (Å²) in [5.41, 5.74) is 0.967. The molecule has 0 saturated heterocycles. The molecule has 0 unspecified atom stereocenters.